The van der Waals surface area contributed by atoms with Gasteiger partial charge in [0.2, 0.25) is 0 Å². The third-order valence-electron chi connectivity index (χ3n) is 2.62. The molecule has 0 saturated carbocycles. The van der Waals surface area contributed by atoms with Crippen LogP contribution < -0.4 is 27.0 Å². The van der Waals surface area contributed by atoms with Crippen LogP contribution in [0.3, 0.4) is 0 Å². The number of nitrogens with one attached hydrogen (secondary N) is 5. The number of anilines is 2. The normalized spacial score (nSPS) is 9.39. The van der Waals surface area contributed by atoms with E-state index in [0.717, 1.165) is 5.69 Å². The van der Waals surface area contributed by atoms with Gasteiger partial charge in [0.05, 0.1) is 5.69 Å². The van der Waals surface area contributed by atoms with Gasteiger partial charge in [-0.2, -0.15) is 0 Å². The summed E-state index contributed by atoms with van der Waals surface area (Å²) in [4.78, 5) is 23.2. The van der Waals surface area contributed by atoms with E-state index < -0.39 is 11.8 Å². The number of carbonyl (C=O) groups is 2. The molecule has 0 unspecified atom stereocenters. The minimum Gasteiger partial charge on any atom is -0.331 e. The number of thiocarbonyl (C=S) groups is 1. The van der Waals surface area contributed by atoms with Crippen LogP contribution >= 0.6 is 12.2 Å². The molecule has 2 rings (SSSR count). The number of carbonyl (C=O) groups excluding carboxylic acids is 2. The van der Waals surface area contributed by atoms with Crippen LogP contribution in [0.15, 0.2) is 60.7 Å². The Morgan fingerprint density at radius 1 is 0.696 bits per heavy atom. The molecule has 0 radical (unpaired) electrons. The maximum absolute atomic E-state index is 11.6. The van der Waals surface area contributed by atoms with Crippen molar-refractivity contribution < 1.29 is 9.59 Å². The first-order chi connectivity index (χ1) is 11.1. The lowest BCUT2D eigenvalue weighted by Gasteiger charge is -2.12. The summed E-state index contributed by atoms with van der Waals surface area (Å²) in [5.74, 6) is -1.74. The van der Waals surface area contributed by atoms with E-state index in [-0.39, 0.29) is 5.11 Å². The Balaban J connectivity index is 1.71. The van der Waals surface area contributed by atoms with Crippen LogP contribution in [0, 0.1) is 0 Å². The van der Waals surface area contributed by atoms with Crippen LogP contribution in [-0.4, -0.2) is 16.9 Å². The molecule has 0 aromatic heterocycles. The van der Waals surface area contributed by atoms with E-state index in [2.05, 4.69) is 27.0 Å². The van der Waals surface area contributed by atoms with Crippen molar-refractivity contribution in [2.24, 2.45) is 0 Å². The Kier molecular flexibility index (Phi) is 5.89. The standard InChI is InChI=1S/C15H15N5O2S/c21-13(18-17-12-9-5-2-6-10-12)14(22)19-20-15(23)16-11-7-3-1-4-8-11/h1-10,17H,(H,18,21)(H,19,22)(H2,16,20,23). The smallest absolute Gasteiger partial charge is 0.329 e. The second-order valence-electron chi connectivity index (χ2n) is 4.34. The van der Waals surface area contributed by atoms with Crippen molar-refractivity contribution >= 4 is 40.5 Å². The van der Waals surface area contributed by atoms with E-state index >= 15 is 0 Å². The molecule has 0 saturated heterocycles. The van der Waals surface area contributed by atoms with Crippen LogP contribution in [-0.2, 0) is 9.59 Å². The Morgan fingerprint density at radius 2 is 1.22 bits per heavy atom. The molecule has 2 amide bonds. The average molecular weight is 329 g/mol. The first-order valence-electron chi connectivity index (χ1n) is 6.68. The topological polar surface area (TPSA) is 94.3 Å². The van der Waals surface area contributed by atoms with Gasteiger partial charge in [-0.25, -0.2) is 0 Å². The Labute approximate surface area is 138 Å². The molecule has 0 aliphatic carbocycles. The molecule has 0 aliphatic heterocycles. The molecule has 0 aliphatic rings. The van der Waals surface area contributed by atoms with Crippen LogP contribution in [0.4, 0.5) is 11.4 Å². The van der Waals surface area contributed by atoms with E-state index in [1.54, 1.807) is 24.3 Å². The average Bonchev–Trinajstić information content (AvgIpc) is 2.59. The van der Waals surface area contributed by atoms with Gasteiger partial charge in [0.15, 0.2) is 5.11 Å². The lowest BCUT2D eigenvalue weighted by atomic mass is 10.3. The summed E-state index contributed by atoms with van der Waals surface area (Å²) < 4.78 is 0. The van der Waals surface area contributed by atoms with Gasteiger partial charge >= 0.3 is 11.8 Å². The Hall–Kier alpha value is -3.13. The maximum Gasteiger partial charge on any atom is 0.329 e. The van der Waals surface area contributed by atoms with Gasteiger partial charge in [-0.15, -0.1) is 0 Å². The quantitative estimate of drug-likeness (QED) is 0.329. The van der Waals surface area contributed by atoms with Gasteiger partial charge in [0.1, 0.15) is 0 Å². The molecule has 7 nitrogen and oxygen atoms in total. The van der Waals surface area contributed by atoms with Gasteiger partial charge in [0.25, 0.3) is 0 Å². The van der Waals surface area contributed by atoms with Crippen molar-refractivity contribution in [2.45, 2.75) is 0 Å². The van der Waals surface area contributed by atoms with Crippen molar-refractivity contribution in [1.82, 2.24) is 16.3 Å². The maximum atomic E-state index is 11.6. The SMILES string of the molecule is O=C(NNC(=S)Nc1ccccc1)C(=O)NNc1ccccc1. The second kappa shape index (κ2) is 8.35. The van der Waals surface area contributed by atoms with Gasteiger partial charge in [0, 0.05) is 5.69 Å². The minimum atomic E-state index is -0.884. The highest BCUT2D eigenvalue weighted by atomic mass is 32.1. The molecule has 2 aromatic rings. The van der Waals surface area contributed by atoms with Crippen molar-refractivity contribution in [3.8, 4) is 0 Å². The zero-order valence-electron chi connectivity index (χ0n) is 12.0. The highest BCUT2D eigenvalue weighted by molar-refractivity contribution is 7.80. The monoisotopic (exact) mass is 329 g/mol. The first kappa shape index (κ1) is 16.2. The highest BCUT2D eigenvalue weighted by Crippen LogP contribution is 2.04. The molecule has 23 heavy (non-hydrogen) atoms. The molecule has 0 heterocycles. The third kappa shape index (κ3) is 5.64. The third-order valence-corrected chi connectivity index (χ3v) is 2.83. The zero-order chi connectivity index (χ0) is 16.5. The summed E-state index contributed by atoms with van der Waals surface area (Å²) in [6.45, 7) is 0. The van der Waals surface area contributed by atoms with Crippen LogP contribution in [0.2, 0.25) is 0 Å². The summed E-state index contributed by atoms with van der Waals surface area (Å²) >= 11 is 5.00. The lowest BCUT2D eigenvalue weighted by Crippen LogP contribution is -2.50. The first-order valence-corrected chi connectivity index (χ1v) is 7.09. The fraction of sp³-hybridized carbons (Fsp3) is 0. The van der Waals surface area contributed by atoms with Crippen molar-refractivity contribution in [3.05, 3.63) is 60.7 Å². The summed E-state index contributed by atoms with van der Waals surface area (Å²) in [5, 5.41) is 3.01. The summed E-state index contributed by atoms with van der Waals surface area (Å²) in [7, 11) is 0. The number of amides is 2. The molecular weight excluding hydrogens is 314 g/mol. The number of hydrazine groups is 2. The van der Waals surface area contributed by atoms with Crippen LogP contribution in [0.1, 0.15) is 0 Å². The predicted molar refractivity (Wildman–Crippen MR) is 92.1 cm³/mol. The molecule has 118 valence electrons. The number of benzene rings is 2. The van der Waals surface area contributed by atoms with Gasteiger partial charge in [-0.1, -0.05) is 36.4 Å². The fourth-order valence-electron chi connectivity index (χ4n) is 1.56. The van der Waals surface area contributed by atoms with Crippen molar-refractivity contribution in [2.75, 3.05) is 10.7 Å². The minimum absolute atomic E-state index is 0.161. The van der Waals surface area contributed by atoms with Crippen molar-refractivity contribution in [3.63, 3.8) is 0 Å². The number of hydrogen-bond acceptors (Lipinski definition) is 4. The summed E-state index contributed by atoms with van der Waals surface area (Å²) in [6.07, 6.45) is 0. The van der Waals surface area contributed by atoms with E-state index in [9.17, 15) is 9.59 Å². The lowest BCUT2D eigenvalue weighted by molar-refractivity contribution is -0.139. The molecule has 0 fully saturated rings. The van der Waals surface area contributed by atoms with Crippen molar-refractivity contribution in [1.29, 1.82) is 0 Å². The number of hydrogen-bond donors (Lipinski definition) is 5. The molecular formula is C15H15N5O2S. The summed E-state index contributed by atoms with van der Waals surface area (Å²) in [5.41, 5.74) is 10.9. The Bertz CT molecular complexity index is 679. The molecule has 0 spiro atoms. The second-order valence-corrected chi connectivity index (χ2v) is 4.75. The van der Waals surface area contributed by atoms with Gasteiger partial charge < -0.3 is 5.32 Å². The van der Waals surface area contributed by atoms with Crippen LogP contribution in [0.5, 0.6) is 0 Å². The number of rotatable bonds is 3. The molecule has 8 heteroatoms. The molecule has 0 atom stereocenters. The number of para-hydroxylation sites is 2. The highest BCUT2D eigenvalue weighted by Gasteiger charge is 2.12. The summed E-state index contributed by atoms with van der Waals surface area (Å²) in [6, 6.07) is 18.1. The predicted octanol–water partition coefficient (Wildman–Crippen LogP) is 1.15. The molecule has 5 N–H and O–H groups in total. The largest absolute Gasteiger partial charge is 0.331 e. The van der Waals surface area contributed by atoms with E-state index in [1.807, 2.05) is 36.4 Å². The van der Waals surface area contributed by atoms with Gasteiger partial charge in [-0.05, 0) is 36.5 Å². The fourth-order valence-corrected chi connectivity index (χ4v) is 1.73. The Morgan fingerprint density at radius 3 is 1.83 bits per heavy atom. The van der Waals surface area contributed by atoms with Gasteiger partial charge in [-0.3, -0.25) is 31.3 Å². The zero-order valence-corrected chi connectivity index (χ0v) is 12.8. The van der Waals surface area contributed by atoms with E-state index in [1.165, 1.54) is 0 Å². The molecule has 2 aromatic carbocycles. The van der Waals surface area contributed by atoms with Crippen LogP contribution in [0.25, 0.3) is 0 Å². The van der Waals surface area contributed by atoms with E-state index in [0.29, 0.717) is 5.69 Å². The molecule has 0 bridgehead atoms. The van der Waals surface area contributed by atoms with E-state index in [4.69, 9.17) is 12.2 Å².